The summed E-state index contributed by atoms with van der Waals surface area (Å²) in [5.41, 5.74) is 5.37. The molecular weight excluding hydrogens is 296 g/mol. The van der Waals surface area contributed by atoms with Crippen LogP contribution in [0.25, 0.3) is 11.3 Å². The van der Waals surface area contributed by atoms with Gasteiger partial charge in [0.15, 0.2) is 5.78 Å². The van der Waals surface area contributed by atoms with E-state index in [1.54, 1.807) is 6.92 Å². The largest absolute Gasteiger partial charge is 0.345 e. The molecule has 1 heterocycles. The fourth-order valence-electron chi connectivity index (χ4n) is 2.94. The first-order valence-corrected chi connectivity index (χ1v) is 7.94. The fourth-order valence-corrected chi connectivity index (χ4v) is 2.94. The summed E-state index contributed by atoms with van der Waals surface area (Å²) < 4.78 is 2.05. The van der Waals surface area contributed by atoms with Crippen molar-refractivity contribution in [2.24, 2.45) is 12.0 Å². The van der Waals surface area contributed by atoms with Gasteiger partial charge in [0.05, 0.1) is 16.9 Å². The van der Waals surface area contributed by atoms with Gasteiger partial charge >= 0.3 is 0 Å². The lowest BCUT2D eigenvalue weighted by Crippen LogP contribution is -1.97. The Morgan fingerprint density at radius 3 is 2.17 bits per heavy atom. The average molecular weight is 316 g/mol. The predicted molar refractivity (Wildman–Crippen MR) is 99.3 cm³/mol. The first-order valence-electron chi connectivity index (χ1n) is 7.94. The van der Waals surface area contributed by atoms with E-state index >= 15 is 0 Å². The van der Waals surface area contributed by atoms with E-state index in [2.05, 4.69) is 4.99 Å². The minimum absolute atomic E-state index is 0.0329. The second-order valence-electron chi connectivity index (χ2n) is 5.81. The third kappa shape index (κ3) is 2.93. The van der Waals surface area contributed by atoms with E-state index in [1.807, 2.05) is 85.4 Å². The Morgan fingerprint density at radius 1 is 1.00 bits per heavy atom. The molecule has 0 bridgehead atoms. The second kappa shape index (κ2) is 6.67. The van der Waals surface area contributed by atoms with Gasteiger partial charge in [-0.25, -0.2) is 0 Å². The van der Waals surface area contributed by atoms with Crippen LogP contribution in [0.4, 0.5) is 5.69 Å². The number of ketones is 1. The maximum atomic E-state index is 12.2. The van der Waals surface area contributed by atoms with Gasteiger partial charge in [-0.15, -0.1) is 0 Å². The normalized spacial score (nSPS) is 11.1. The molecule has 0 saturated carbocycles. The smallest absolute Gasteiger partial charge is 0.163 e. The molecule has 0 aliphatic heterocycles. The van der Waals surface area contributed by atoms with Crippen molar-refractivity contribution in [1.82, 2.24) is 4.57 Å². The van der Waals surface area contributed by atoms with E-state index < -0.39 is 0 Å². The number of hydrogen-bond donors (Lipinski definition) is 0. The van der Waals surface area contributed by atoms with Crippen LogP contribution in [-0.4, -0.2) is 16.6 Å². The summed E-state index contributed by atoms with van der Waals surface area (Å²) in [6, 6.07) is 20.0. The van der Waals surface area contributed by atoms with Gasteiger partial charge in [-0.2, -0.15) is 0 Å². The summed E-state index contributed by atoms with van der Waals surface area (Å²) in [7, 11) is 1.98. The zero-order chi connectivity index (χ0) is 17.1. The number of aromatic nitrogens is 1. The van der Waals surface area contributed by atoms with Gasteiger partial charge in [-0.3, -0.25) is 9.79 Å². The molecule has 0 radical (unpaired) electrons. The Hall–Kier alpha value is -2.94. The summed E-state index contributed by atoms with van der Waals surface area (Å²) in [5, 5.41) is 0. The summed E-state index contributed by atoms with van der Waals surface area (Å²) >= 11 is 0. The lowest BCUT2D eigenvalue weighted by molar-refractivity contribution is 0.101. The molecule has 0 spiro atoms. The highest BCUT2D eigenvalue weighted by atomic mass is 16.1. The summed E-state index contributed by atoms with van der Waals surface area (Å²) in [6.45, 7) is 3.56. The highest BCUT2D eigenvalue weighted by Gasteiger charge is 2.21. The van der Waals surface area contributed by atoms with Crippen molar-refractivity contribution in [2.45, 2.75) is 13.8 Å². The molecule has 0 saturated heterocycles. The lowest BCUT2D eigenvalue weighted by Gasteiger charge is -2.06. The van der Waals surface area contributed by atoms with Crippen molar-refractivity contribution in [3.63, 3.8) is 0 Å². The zero-order valence-electron chi connectivity index (χ0n) is 14.2. The van der Waals surface area contributed by atoms with Crippen molar-refractivity contribution in [3.8, 4) is 11.3 Å². The number of carbonyl (C=O) groups excluding carboxylic acids is 1. The van der Waals surface area contributed by atoms with Crippen LogP contribution in [0.5, 0.6) is 0 Å². The van der Waals surface area contributed by atoms with Crippen molar-refractivity contribution in [2.75, 3.05) is 0 Å². The Kier molecular flexibility index (Phi) is 4.43. The molecule has 120 valence electrons. The summed E-state index contributed by atoms with van der Waals surface area (Å²) in [6.07, 6.45) is 1.81. The van der Waals surface area contributed by atoms with Gasteiger partial charge in [-0.1, -0.05) is 60.7 Å². The van der Waals surface area contributed by atoms with E-state index in [1.165, 1.54) is 0 Å². The standard InChI is InChI=1S/C21H20N2O/c1-15-19(16(2)24)20(22-14-17-10-6-4-7-11-17)21(23(15)3)18-12-8-5-9-13-18/h4-14H,1-3H3/b22-14+. The second-order valence-corrected chi connectivity index (χ2v) is 5.81. The molecule has 0 amide bonds. The third-order valence-electron chi connectivity index (χ3n) is 4.20. The fraction of sp³-hybridized carbons (Fsp3) is 0.143. The highest BCUT2D eigenvalue weighted by Crippen LogP contribution is 2.37. The molecule has 0 aliphatic rings. The Labute approximate surface area is 142 Å². The molecule has 0 atom stereocenters. The van der Waals surface area contributed by atoms with Crippen LogP contribution >= 0.6 is 0 Å². The molecule has 0 aliphatic carbocycles. The molecule has 1 aromatic heterocycles. The minimum atomic E-state index is 0.0329. The molecule has 0 N–H and O–H groups in total. The quantitative estimate of drug-likeness (QED) is 0.495. The summed E-state index contributed by atoms with van der Waals surface area (Å²) in [4.78, 5) is 16.9. The molecule has 3 heteroatoms. The maximum Gasteiger partial charge on any atom is 0.163 e. The monoisotopic (exact) mass is 316 g/mol. The van der Waals surface area contributed by atoms with Gasteiger partial charge in [0, 0.05) is 24.5 Å². The van der Waals surface area contributed by atoms with Crippen molar-refractivity contribution < 1.29 is 4.79 Å². The molecule has 24 heavy (non-hydrogen) atoms. The average Bonchev–Trinajstić information content (AvgIpc) is 2.85. The molecule has 2 aromatic carbocycles. The number of Topliss-reactive ketones (excluding diaryl/α,β-unsaturated/α-hetero) is 1. The van der Waals surface area contributed by atoms with Crippen LogP contribution in [0, 0.1) is 6.92 Å². The minimum Gasteiger partial charge on any atom is -0.345 e. The van der Waals surface area contributed by atoms with Crippen LogP contribution < -0.4 is 0 Å². The van der Waals surface area contributed by atoms with E-state index in [0.717, 1.165) is 28.2 Å². The number of nitrogens with zero attached hydrogens (tertiary/aromatic N) is 2. The van der Waals surface area contributed by atoms with E-state index in [0.29, 0.717) is 5.56 Å². The van der Waals surface area contributed by atoms with Crippen LogP contribution in [0.2, 0.25) is 0 Å². The van der Waals surface area contributed by atoms with E-state index in [4.69, 9.17) is 0 Å². The number of hydrogen-bond acceptors (Lipinski definition) is 2. The Morgan fingerprint density at radius 2 is 1.58 bits per heavy atom. The van der Waals surface area contributed by atoms with Gasteiger partial charge < -0.3 is 4.57 Å². The van der Waals surface area contributed by atoms with Crippen molar-refractivity contribution in [1.29, 1.82) is 0 Å². The maximum absolute atomic E-state index is 12.2. The summed E-state index contributed by atoms with van der Waals surface area (Å²) in [5.74, 6) is 0.0329. The first-order chi connectivity index (χ1) is 11.6. The van der Waals surface area contributed by atoms with Crippen molar-refractivity contribution in [3.05, 3.63) is 77.5 Å². The van der Waals surface area contributed by atoms with Crippen molar-refractivity contribution >= 4 is 17.7 Å². The molecule has 3 nitrogen and oxygen atoms in total. The first kappa shape index (κ1) is 15.9. The van der Waals surface area contributed by atoms with Crippen LogP contribution in [0.1, 0.15) is 28.5 Å². The van der Waals surface area contributed by atoms with Gasteiger partial charge in [0.2, 0.25) is 0 Å². The Balaban J connectivity index is 2.21. The number of benzene rings is 2. The topological polar surface area (TPSA) is 34.4 Å². The van der Waals surface area contributed by atoms with Crippen LogP contribution in [0.3, 0.4) is 0 Å². The molecule has 3 aromatic rings. The SMILES string of the molecule is CC(=O)c1c(/N=C/c2ccccc2)c(-c2ccccc2)n(C)c1C. The van der Waals surface area contributed by atoms with Gasteiger partial charge in [0.25, 0.3) is 0 Å². The lowest BCUT2D eigenvalue weighted by atomic mass is 10.1. The van der Waals surface area contributed by atoms with E-state index in [9.17, 15) is 4.79 Å². The number of rotatable bonds is 4. The van der Waals surface area contributed by atoms with Gasteiger partial charge in [-0.05, 0) is 19.4 Å². The van der Waals surface area contributed by atoms with E-state index in [-0.39, 0.29) is 5.78 Å². The number of aliphatic imine (C=N–C) groups is 1. The zero-order valence-corrected chi connectivity index (χ0v) is 14.2. The number of carbonyl (C=O) groups is 1. The van der Waals surface area contributed by atoms with Crippen LogP contribution in [-0.2, 0) is 7.05 Å². The van der Waals surface area contributed by atoms with Crippen LogP contribution in [0.15, 0.2) is 65.7 Å². The predicted octanol–water partition coefficient (Wildman–Crippen LogP) is 4.95. The molecular formula is C21H20N2O. The Bertz CT molecular complexity index is 891. The molecule has 0 fully saturated rings. The molecule has 3 rings (SSSR count). The highest BCUT2D eigenvalue weighted by molar-refractivity contribution is 6.04. The molecule has 0 unspecified atom stereocenters. The van der Waals surface area contributed by atoms with Gasteiger partial charge in [0.1, 0.15) is 0 Å². The third-order valence-corrected chi connectivity index (χ3v) is 4.20.